The van der Waals surface area contributed by atoms with Gasteiger partial charge < -0.3 is 4.74 Å². The standard InChI is InChI=1S/C8H10ClNOS/c9-4-6-5-12-8(10-6)7-2-1-3-11-7/h5,7H,1-4H2. The summed E-state index contributed by atoms with van der Waals surface area (Å²) in [6.07, 6.45) is 2.50. The lowest BCUT2D eigenvalue weighted by atomic mass is 10.2. The zero-order chi connectivity index (χ0) is 8.39. The molecule has 1 fully saturated rings. The van der Waals surface area contributed by atoms with Gasteiger partial charge in [-0.3, -0.25) is 0 Å². The molecule has 0 amide bonds. The molecule has 4 heteroatoms. The molecule has 12 heavy (non-hydrogen) atoms. The van der Waals surface area contributed by atoms with Crippen LogP contribution in [0, 0.1) is 0 Å². The van der Waals surface area contributed by atoms with E-state index >= 15 is 0 Å². The molecule has 1 aromatic rings. The van der Waals surface area contributed by atoms with Gasteiger partial charge in [0.1, 0.15) is 11.1 Å². The maximum absolute atomic E-state index is 5.65. The molecule has 0 spiro atoms. The van der Waals surface area contributed by atoms with Crippen LogP contribution in [0.1, 0.15) is 29.6 Å². The fourth-order valence-electron chi connectivity index (χ4n) is 1.30. The first-order valence-electron chi connectivity index (χ1n) is 4.02. The predicted molar refractivity (Wildman–Crippen MR) is 49.6 cm³/mol. The lowest BCUT2D eigenvalue weighted by molar-refractivity contribution is 0.111. The molecule has 0 aromatic carbocycles. The van der Waals surface area contributed by atoms with E-state index in [4.69, 9.17) is 16.3 Å². The van der Waals surface area contributed by atoms with Crippen molar-refractivity contribution in [2.24, 2.45) is 0 Å². The van der Waals surface area contributed by atoms with E-state index in [1.54, 1.807) is 11.3 Å². The maximum Gasteiger partial charge on any atom is 0.122 e. The molecule has 2 rings (SSSR count). The first-order valence-corrected chi connectivity index (χ1v) is 5.43. The Balaban J connectivity index is 2.11. The molecule has 1 atom stereocenters. The molecule has 1 unspecified atom stereocenters. The first-order chi connectivity index (χ1) is 5.90. The number of thiazole rings is 1. The second-order valence-electron chi connectivity index (χ2n) is 2.81. The summed E-state index contributed by atoms with van der Waals surface area (Å²) in [7, 11) is 0. The minimum Gasteiger partial charge on any atom is -0.371 e. The minimum absolute atomic E-state index is 0.243. The topological polar surface area (TPSA) is 22.1 Å². The van der Waals surface area contributed by atoms with Gasteiger partial charge in [0.05, 0.1) is 11.6 Å². The van der Waals surface area contributed by atoms with E-state index in [0.29, 0.717) is 5.88 Å². The summed E-state index contributed by atoms with van der Waals surface area (Å²) in [5.41, 5.74) is 0.965. The average molecular weight is 204 g/mol. The highest BCUT2D eigenvalue weighted by atomic mass is 35.5. The third kappa shape index (κ3) is 1.63. The Morgan fingerprint density at radius 3 is 3.25 bits per heavy atom. The van der Waals surface area contributed by atoms with Crippen LogP contribution >= 0.6 is 22.9 Å². The van der Waals surface area contributed by atoms with Crippen molar-refractivity contribution in [1.29, 1.82) is 0 Å². The lowest BCUT2D eigenvalue weighted by Gasteiger charge is -2.02. The Hall–Kier alpha value is -0.120. The molecule has 1 aliphatic heterocycles. The van der Waals surface area contributed by atoms with Gasteiger partial charge in [0.15, 0.2) is 0 Å². The van der Waals surface area contributed by atoms with Crippen LogP contribution in [0.5, 0.6) is 0 Å². The van der Waals surface area contributed by atoms with Crippen LogP contribution in [0.4, 0.5) is 0 Å². The third-order valence-electron chi connectivity index (χ3n) is 1.91. The SMILES string of the molecule is ClCc1csc(C2CCCO2)n1. The van der Waals surface area contributed by atoms with Gasteiger partial charge in [-0.2, -0.15) is 0 Å². The van der Waals surface area contributed by atoms with Gasteiger partial charge in [0.25, 0.3) is 0 Å². The number of aromatic nitrogens is 1. The maximum atomic E-state index is 5.65. The molecule has 2 nitrogen and oxygen atoms in total. The molecule has 0 saturated carbocycles. The fourth-order valence-corrected chi connectivity index (χ4v) is 2.43. The van der Waals surface area contributed by atoms with Crippen molar-refractivity contribution >= 4 is 22.9 Å². The van der Waals surface area contributed by atoms with E-state index < -0.39 is 0 Å². The number of rotatable bonds is 2. The van der Waals surface area contributed by atoms with Crippen molar-refractivity contribution in [2.75, 3.05) is 6.61 Å². The van der Waals surface area contributed by atoms with Crippen LogP contribution in [0.3, 0.4) is 0 Å². The van der Waals surface area contributed by atoms with Gasteiger partial charge in [-0.1, -0.05) is 0 Å². The number of hydrogen-bond donors (Lipinski definition) is 0. The minimum atomic E-state index is 0.243. The monoisotopic (exact) mass is 203 g/mol. The third-order valence-corrected chi connectivity index (χ3v) is 3.17. The quantitative estimate of drug-likeness (QED) is 0.690. The summed E-state index contributed by atoms with van der Waals surface area (Å²) < 4.78 is 5.50. The highest BCUT2D eigenvalue weighted by Gasteiger charge is 2.20. The van der Waals surface area contributed by atoms with Crippen LogP contribution in [0.2, 0.25) is 0 Å². The molecule has 66 valence electrons. The van der Waals surface area contributed by atoms with Crippen molar-refractivity contribution in [3.8, 4) is 0 Å². The Morgan fingerprint density at radius 2 is 2.67 bits per heavy atom. The summed E-state index contributed by atoms with van der Waals surface area (Å²) >= 11 is 7.30. The summed E-state index contributed by atoms with van der Waals surface area (Å²) in [6, 6.07) is 0. The lowest BCUT2D eigenvalue weighted by Crippen LogP contribution is -1.94. The Morgan fingerprint density at radius 1 is 1.75 bits per heavy atom. The number of alkyl halides is 1. The van der Waals surface area contributed by atoms with Gasteiger partial charge in [0.2, 0.25) is 0 Å². The fraction of sp³-hybridized carbons (Fsp3) is 0.625. The van der Waals surface area contributed by atoms with Crippen molar-refractivity contribution in [3.63, 3.8) is 0 Å². The van der Waals surface area contributed by atoms with Gasteiger partial charge in [-0.15, -0.1) is 22.9 Å². The van der Waals surface area contributed by atoms with E-state index in [9.17, 15) is 0 Å². The highest BCUT2D eigenvalue weighted by molar-refractivity contribution is 7.09. The molecule has 1 aliphatic rings. The summed E-state index contributed by atoms with van der Waals surface area (Å²) in [6.45, 7) is 0.875. The molecule has 2 heterocycles. The zero-order valence-corrected chi connectivity index (χ0v) is 8.20. The number of nitrogens with zero attached hydrogens (tertiary/aromatic N) is 1. The largest absolute Gasteiger partial charge is 0.371 e. The smallest absolute Gasteiger partial charge is 0.122 e. The number of hydrogen-bond acceptors (Lipinski definition) is 3. The summed E-state index contributed by atoms with van der Waals surface area (Å²) in [4.78, 5) is 4.37. The second-order valence-corrected chi connectivity index (χ2v) is 3.97. The van der Waals surface area contributed by atoms with E-state index in [2.05, 4.69) is 4.98 Å². The van der Waals surface area contributed by atoms with Crippen molar-refractivity contribution in [2.45, 2.75) is 24.8 Å². The molecular formula is C8H10ClNOS. The predicted octanol–water partition coefficient (Wildman–Crippen LogP) is 2.73. The second kappa shape index (κ2) is 3.73. The number of ether oxygens (including phenoxy) is 1. The molecule has 1 aromatic heterocycles. The van der Waals surface area contributed by atoms with E-state index in [1.807, 2.05) is 5.38 Å². The molecule has 0 bridgehead atoms. The van der Waals surface area contributed by atoms with Crippen LogP contribution in [-0.4, -0.2) is 11.6 Å². The summed E-state index contributed by atoms with van der Waals surface area (Å²) in [5, 5.41) is 3.09. The zero-order valence-electron chi connectivity index (χ0n) is 6.62. The van der Waals surface area contributed by atoms with Crippen molar-refractivity contribution in [1.82, 2.24) is 4.98 Å². The van der Waals surface area contributed by atoms with Crippen LogP contribution in [-0.2, 0) is 10.6 Å². The van der Waals surface area contributed by atoms with Gasteiger partial charge in [0, 0.05) is 12.0 Å². The molecule has 0 N–H and O–H groups in total. The Kier molecular flexibility index (Phi) is 2.63. The van der Waals surface area contributed by atoms with E-state index in [-0.39, 0.29) is 6.10 Å². The average Bonchev–Trinajstić information content (AvgIpc) is 2.75. The Labute approximate surface area is 80.5 Å². The molecule has 0 radical (unpaired) electrons. The molecule has 1 saturated heterocycles. The van der Waals surface area contributed by atoms with Crippen molar-refractivity contribution < 1.29 is 4.74 Å². The molecule has 0 aliphatic carbocycles. The van der Waals surface area contributed by atoms with E-state index in [0.717, 1.165) is 30.2 Å². The summed E-state index contributed by atoms with van der Waals surface area (Å²) in [5.74, 6) is 0.503. The van der Waals surface area contributed by atoms with Gasteiger partial charge in [-0.25, -0.2) is 4.98 Å². The first kappa shape index (κ1) is 8.48. The van der Waals surface area contributed by atoms with Gasteiger partial charge >= 0.3 is 0 Å². The molecular weight excluding hydrogens is 194 g/mol. The van der Waals surface area contributed by atoms with Crippen LogP contribution in [0.25, 0.3) is 0 Å². The van der Waals surface area contributed by atoms with Crippen LogP contribution < -0.4 is 0 Å². The van der Waals surface area contributed by atoms with E-state index in [1.165, 1.54) is 0 Å². The Bertz CT molecular complexity index is 257. The normalized spacial score (nSPS) is 23.2. The number of halogens is 1. The van der Waals surface area contributed by atoms with Crippen molar-refractivity contribution in [3.05, 3.63) is 16.1 Å². The van der Waals surface area contributed by atoms with Crippen LogP contribution in [0.15, 0.2) is 5.38 Å². The van der Waals surface area contributed by atoms with Gasteiger partial charge in [-0.05, 0) is 12.8 Å². The highest BCUT2D eigenvalue weighted by Crippen LogP contribution is 2.30.